The average Bonchev–Trinajstić information content (AvgIpc) is 2.17. The number of hydrogen-bond donors (Lipinski definition) is 1. The van der Waals surface area contributed by atoms with E-state index in [9.17, 15) is 0 Å². The van der Waals surface area contributed by atoms with Gasteiger partial charge in [-0.2, -0.15) is 0 Å². The van der Waals surface area contributed by atoms with Gasteiger partial charge in [-0.1, -0.05) is 30.7 Å². The lowest BCUT2D eigenvalue weighted by atomic mass is 9.70. The maximum atomic E-state index is 5.75. The monoisotopic (exact) mass is 163 g/mol. The van der Waals surface area contributed by atoms with Gasteiger partial charge in [-0.05, 0) is 37.1 Å². The van der Waals surface area contributed by atoms with E-state index in [2.05, 4.69) is 24.3 Å². The Kier molecular flexibility index (Phi) is 2.31. The number of nitrogens with two attached hydrogens (primary N) is 1. The van der Waals surface area contributed by atoms with Crippen LogP contribution in [-0.4, -0.2) is 6.54 Å². The lowest BCUT2D eigenvalue weighted by Crippen LogP contribution is -2.31. The second-order valence-electron chi connectivity index (χ2n) is 3.94. The van der Waals surface area contributed by atoms with Gasteiger partial charge in [-0.25, -0.2) is 0 Å². The molecule has 0 radical (unpaired) electrons. The Morgan fingerprint density at radius 1 is 1.17 bits per heavy atom. The van der Waals surface area contributed by atoms with Crippen LogP contribution in [0.25, 0.3) is 0 Å². The lowest BCUT2D eigenvalue weighted by molar-refractivity contribution is 0.233. The first-order valence-electron chi connectivity index (χ1n) is 4.97. The Labute approximate surface area is 74.3 Å². The van der Waals surface area contributed by atoms with Gasteiger partial charge in [0.25, 0.3) is 0 Å². The molecule has 2 rings (SSSR count). The zero-order valence-corrected chi connectivity index (χ0v) is 7.45. The predicted molar refractivity (Wildman–Crippen MR) is 51.7 cm³/mol. The molecule has 0 bridgehead atoms. The highest BCUT2D eigenvalue weighted by Gasteiger charge is 2.29. The standard InChI is InChI=1S/C11H17N/c12-8-10-6-3-5-9-4-1-2-7-11(9)10/h1-2,4,7,9-11H,3,5-6,8,12H2/t9-,10?,11?/m1/s1. The van der Waals surface area contributed by atoms with Gasteiger partial charge in [-0.3, -0.25) is 0 Å². The molecule has 0 aliphatic heterocycles. The van der Waals surface area contributed by atoms with Crippen LogP contribution >= 0.6 is 0 Å². The molecule has 2 aliphatic rings. The van der Waals surface area contributed by atoms with Crippen LogP contribution in [-0.2, 0) is 0 Å². The summed E-state index contributed by atoms with van der Waals surface area (Å²) in [6, 6.07) is 0. The highest BCUT2D eigenvalue weighted by atomic mass is 14.6. The lowest BCUT2D eigenvalue weighted by Gasteiger charge is -2.35. The summed E-state index contributed by atoms with van der Waals surface area (Å²) in [5.41, 5.74) is 5.75. The zero-order valence-electron chi connectivity index (χ0n) is 7.45. The van der Waals surface area contributed by atoms with Gasteiger partial charge in [0.05, 0.1) is 0 Å². The Morgan fingerprint density at radius 3 is 2.83 bits per heavy atom. The molecular weight excluding hydrogens is 146 g/mol. The third-order valence-corrected chi connectivity index (χ3v) is 3.26. The van der Waals surface area contributed by atoms with Gasteiger partial charge < -0.3 is 5.73 Å². The molecule has 1 heteroatoms. The molecule has 0 heterocycles. The van der Waals surface area contributed by atoms with Crippen LogP contribution in [0.4, 0.5) is 0 Å². The first kappa shape index (κ1) is 8.06. The smallest absolute Gasteiger partial charge is 0.00430 e. The summed E-state index contributed by atoms with van der Waals surface area (Å²) < 4.78 is 0. The van der Waals surface area contributed by atoms with Crippen molar-refractivity contribution in [2.24, 2.45) is 23.5 Å². The minimum Gasteiger partial charge on any atom is -0.330 e. The maximum absolute atomic E-state index is 5.75. The van der Waals surface area contributed by atoms with Crippen molar-refractivity contribution in [1.82, 2.24) is 0 Å². The van der Waals surface area contributed by atoms with Crippen molar-refractivity contribution in [2.45, 2.75) is 19.3 Å². The highest BCUT2D eigenvalue weighted by molar-refractivity contribution is 5.16. The van der Waals surface area contributed by atoms with Crippen LogP contribution in [0.1, 0.15) is 19.3 Å². The molecule has 0 saturated heterocycles. The van der Waals surface area contributed by atoms with E-state index in [0.717, 1.165) is 24.3 Å². The fourth-order valence-electron chi connectivity index (χ4n) is 2.55. The van der Waals surface area contributed by atoms with Crippen molar-refractivity contribution < 1.29 is 0 Å². The molecule has 3 atom stereocenters. The molecule has 2 aliphatic carbocycles. The first-order valence-corrected chi connectivity index (χ1v) is 4.97. The van der Waals surface area contributed by atoms with E-state index in [1.807, 2.05) is 0 Å². The van der Waals surface area contributed by atoms with Crippen molar-refractivity contribution in [3.8, 4) is 0 Å². The molecule has 0 aromatic rings. The maximum Gasteiger partial charge on any atom is -0.00430 e. The first-order chi connectivity index (χ1) is 5.92. The molecule has 1 nitrogen and oxygen atoms in total. The summed E-state index contributed by atoms with van der Waals surface area (Å²) >= 11 is 0. The third-order valence-electron chi connectivity index (χ3n) is 3.26. The van der Waals surface area contributed by atoms with Crippen LogP contribution < -0.4 is 5.73 Å². The van der Waals surface area contributed by atoms with E-state index in [1.165, 1.54) is 19.3 Å². The van der Waals surface area contributed by atoms with E-state index < -0.39 is 0 Å². The largest absolute Gasteiger partial charge is 0.330 e. The van der Waals surface area contributed by atoms with Crippen LogP contribution in [0.3, 0.4) is 0 Å². The van der Waals surface area contributed by atoms with E-state index in [4.69, 9.17) is 5.73 Å². The number of hydrogen-bond acceptors (Lipinski definition) is 1. The summed E-state index contributed by atoms with van der Waals surface area (Å²) in [5.74, 6) is 2.27. The Balaban J connectivity index is 2.11. The second kappa shape index (κ2) is 3.44. The Hall–Kier alpha value is -0.560. The van der Waals surface area contributed by atoms with E-state index >= 15 is 0 Å². The zero-order chi connectivity index (χ0) is 8.39. The van der Waals surface area contributed by atoms with Gasteiger partial charge in [0.2, 0.25) is 0 Å². The number of fused-ring (bicyclic) bond motifs is 1. The quantitative estimate of drug-likeness (QED) is 0.629. The van der Waals surface area contributed by atoms with Crippen molar-refractivity contribution >= 4 is 0 Å². The Bertz CT molecular complexity index is 205. The van der Waals surface area contributed by atoms with Gasteiger partial charge in [0.1, 0.15) is 0 Å². The topological polar surface area (TPSA) is 26.0 Å². The van der Waals surface area contributed by atoms with Gasteiger partial charge in [-0.15, -0.1) is 0 Å². The summed E-state index contributed by atoms with van der Waals surface area (Å²) in [7, 11) is 0. The summed E-state index contributed by atoms with van der Waals surface area (Å²) in [6.45, 7) is 0.860. The molecule has 2 unspecified atom stereocenters. The molecule has 0 spiro atoms. The Morgan fingerprint density at radius 2 is 2.00 bits per heavy atom. The van der Waals surface area contributed by atoms with E-state index in [-0.39, 0.29) is 0 Å². The highest BCUT2D eigenvalue weighted by Crippen LogP contribution is 2.37. The molecule has 12 heavy (non-hydrogen) atoms. The number of allylic oxidation sites excluding steroid dienone is 4. The fourth-order valence-corrected chi connectivity index (χ4v) is 2.55. The molecule has 2 N–H and O–H groups in total. The van der Waals surface area contributed by atoms with Gasteiger partial charge in [0, 0.05) is 0 Å². The van der Waals surface area contributed by atoms with Crippen LogP contribution in [0.5, 0.6) is 0 Å². The molecule has 0 amide bonds. The van der Waals surface area contributed by atoms with Gasteiger partial charge >= 0.3 is 0 Å². The van der Waals surface area contributed by atoms with Crippen LogP contribution in [0, 0.1) is 17.8 Å². The summed E-state index contributed by atoms with van der Waals surface area (Å²) in [5, 5.41) is 0. The van der Waals surface area contributed by atoms with E-state index in [1.54, 1.807) is 0 Å². The average molecular weight is 163 g/mol. The molecule has 1 fully saturated rings. The third kappa shape index (κ3) is 1.34. The van der Waals surface area contributed by atoms with Gasteiger partial charge in [0.15, 0.2) is 0 Å². The molecule has 0 aromatic carbocycles. The molecular formula is C11H17N. The molecule has 0 aromatic heterocycles. The molecule has 66 valence electrons. The second-order valence-corrected chi connectivity index (χ2v) is 3.94. The fraction of sp³-hybridized carbons (Fsp3) is 0.636. The minimum atomic E-state index is 0.741. The molecule has 1 saturated carbocycles. The van der Waals surface area contributed by atoms with Crippen molar-refractivity contribution in [3.05, 3.63) is 24.3 Å². The van der Waals surface area contributed by atoms with Crippen LogP contribution in [0.15, 0.2) is 24.3 Å². The minimum absolute atomic E-state index is 0.741. The summed E-state index contributed by atoms with van der Waals surface area (Å²) in [4.78, 5) is 0. The predicted octanol–water partition coefficient (Wildman–Crippen LogP) is 2.10. The normalized spacial score (nSPS) is 39.6. The number of rotatable bonds is 1. The van der Waals surface area contributed by atoms with E-state index in [0.29, 0.717) is 0 Å². The summed E-state index contributed by atoms with van der Waals surface area (Å²) in [6.07, 6.45) is 13.1. The van der Waals surface area contributed by atoms with Crippen LogP contribution in [0.2, 0.25) is 0 Å². The van der Waals surface area contributed by atoms with Crippen molar-refractivity contribution in [3.63, 3.8) is 0 Å². The van der Waals surface area contributed by atoms with Crippen molar-refractivity contribution in [1.29, 1.82) is 0 Å². The van der Waals surface area contributed by atoms with Crippen molar-refractivity contribution in [2.75, 3.05) is 6.54 Å². The SMILES string of the molecule is NCC1CCC[C@H]2C=CC=CC12.